The van der Waals surface area contributed by atoms with E-state index >= 15 is 0 Å². The predicted octanol–water partition coefficient (Wildman–Crippen LogP) is 5.40. The number of thiocarbonyl (C=S) groups is 1. The molecule has 0 spiro atoms. The Morgan fingerprint density at radius 1 is 1.07 bits per heavy atom. The molecule has 0 amide bonds. The van der Waals surface area contributed by atoms with E-state index in [4.69, 9.17) is 16.6 Å². The fraction of sp³-hybridized carbons (Fsp3) is 0.130. The van der Waals surface area contributed by atoms with E-state index in [0.717, 1.165) is 27.3 Å². The van der Waals surface area contributed by atoms with Gasteiger partial charge in [0.1, 0.15) is 5.76 Å². The average Bonchev–Trinajstić information content (AvgIpc) is 3.50. The van der Waals surface area contributed by atoms with Crippen molar-refractivity contribution < 1.29 is 4.42 Å². The number of halogens is 1. The van der Waals surface area contributed by atoms with Crippen LogP contribution in [0.4, 0.5) is 0 Å². The lowest BCUT2D eigenvalue weighted by molar-refractivity contribution is 0.280. The second-order valence-corrected chi connectivity index (χ2v) is 8.42. The maximum Gasteiger partial charge on any atom is 0.170 e. The van der Waals surface area contributed by atoms with E-state index in [1.807, 2.05) is 48.7 Å². The van der Waals surface area contributed by atoms with E-state index in [1.165, 1.54) is 0 Å². The van der Waals surface area contributed by atoms with Crippen LogP contribution in [0.3, 0.4) is 0 Å². The molecule has 30 heavy (non-hydrogen) atoms. The molecular weight excluding hydrogens is 460 g/mol. The van der Waals surface area contributed by atoms with Gasteiger partial charge in [-0.25, -0.2) is 0 Å². The van der Waals surface area contributed by atoms with Crippen LogP contribution in [0.5, 0.6) is 0 Å². The minimum Gasteiger partial charge on any atom is -0.467 e. The van der Waals surface area contributed by atoms with Gasteiger partial charge in [0, 0.05) is 28.2 Å². The van der Waals surface area contributed by atoms with Gasteiger partial charge in [0.25, 0.3) is 0 Å². The number of nitrogens with one attached hydrogen (secondary N) is 1. The molecule has 5 rings (SSSR count). The highest BCUT2D eigenvalue weighted by Crippen LogP contribution is 2.40. The van der Waals surface area contributed by atoms with Crippen LogP contribution in [0.15, 0.2) is 94.3 Å². The van der Waals surface area contributed by atoms with Crippen molar-refractivity contribution in [2.24, 2.45) is 0 Å². The van der Waals surface area contributed by atoms with Gasteiger partial charge in [0.2, 0.25) is 0 Å². The normalized spacial score (nSPS) is 18.6. The van der Waals surface area contributed by atoms with E-state index in [0.29, 0.717) is 11.7 Å². The molecule has 1 aliphatic heterocycles. The molecule has 5 nitrogen and oxygen atoms in total. The summed E-state index contributed by atoms with van der Waals surface area (Å²) in [4.78, 5) is 6.79. The van der Waals surface area contributed by atoms with Crippen molar-refractivity contribution in [3.63, 3.8) is 0 Å². The molecule has 0 radical (unpaired) electrons. The van der Waals surface area contributed by atoms with Crippen molar-refractivity contribution in [1.29, 1.82) is 0 Å². The average molecular weight is 479 g/mol. The van der Waals surface area contributed by atoms with Crippen LogP contribution in [-0.2, 0) is 6.54 Å². The summed E-state index contributed by atoms with van der Waals surface area (Å²) in [6.45, 7) is 0.580. The first-order chi connectivity index (χ1) is 14.7. The summed E-state index contributed by atoms with van der Waals surface area (Å²) in [5.41, 5.74) is 3.16. The molecule has 1 aromatic carbocycles. The summed E-state index contributed by atoms with van der Waals surface area (Å²) < 4.78 is 8.86. The molecule has 4 aromatic rings. The second kappa shape index (κ2) is 8.08. The third-order valence-corrected chi connectivity index (χ3v) is 6.12. The number of rotatable bonds is 5. The Kier molecular flexibility index (Phi) is 5.14. The molecule has 4 heterocycles. The van der Waals surface area contributed by atoms with Crippen LogP contribution in [0.2, 0.25) is 0 Å². The lowest BCUT2D eigenvalue weighted by atomic mass is 10.0. The van der Waals surface area contributed by atoms with Crippen molar-refractivity contribution in [3.8, 4) is 5.69 Å². The predicted molar refractivity (Wildman–Crippen MR) is 123 cm³/mol. The second-order valence-electron chi connectivity index (χ2n) is 7.12. The van der Waals surface area contributed by atoms with Gasteiger partial charge in [-0.15, -0.1) is 0 Å². The summed E-state index contributed by atoms with van der Waals surface area (Å²) in [6.07, 6.45) is 5.59. The molecule has 1 fully saturated rings. The molecule has 0 bridgehead atoms. The highest BCUT2D eigenvalue weighted by Gasteiger charge is 2.41. The maximum absolute atomic E-state index is 5.75. The third-order valence-electron chi connectivity index (χ3n) is 5.27. The number of hydrogen-bond donors (Lipinski definition) is 1. The summed E-state index contributed by atoms with van der Waals surface area (Å²) >= 11 is 9.34. The molecule has 0 aliphatic carbocycles. The molecule has 3 aromatic heterocycles. The van der Waals surface area contributed by atoms with Crippen LogP contribution in [0.25, 0.3) is 5.69 Å². The Balaban J connectivity index is 1.61. The number of aromatic nitrogens is 2. The highest BCUT2D eigenvalue weighted by molar-refractivity contribution is 9.10. The molecule has 1 aliphatic rings. The topological polar surface area (TPSA) is 46.2 Å². The lowest BCUT2D eigenvalue weighted by Gasteiger charge is -2.28. The fourth-order valence-corrected chi connectivity index (χ4v) is 4.66. The van der Waals surface area contributed by atoms with Crippen LogP contribution in [-0.4, -0.2) is 19.6 Å². The van der Waals surface area contributed by atoms with Crippen LogP contribution in [0, 0.1) is 0 Å². The molecule has 1 saturated heterocycles. The Morgan fingerprint density at radius 3 is 2.77 bits per heavy atom. The van der Waals surface area contributed by atoms with Crippen molar-refractivity contribution in [1.82, 2.24) is 19.8 Å². The maximum atomic E-state index is 5.75. The van der Waals surface area contributed by atoms with E-state index in [9.17, 15) is 0 Å². The first-order valence-corrected chi connectivity index (χ1v) is 10.8. The van der Waals surface area contributed by atoms with Gasteiger partial charge in [0.05, 0.1) is 30.6 Å². The zero-order valence-electron chi connectivity index (χ0n) is 16.0. The lowest BCUT2D eigenvalue weighted by Crippen LogP contribution is -2.29. The van der Waals surface area contributed by atoms with Gasteiger partial charge >= 0.3 is 0 Å². The summed E-state index contributed by atoms with van der Waals surface area (Å²) in [5, 5.41) is 4.18. The Bertz CT molecular complexity index is 1160. The molecule has 1 N–H and O–H groups in total. The number of benzene rings is 1. The van der Waals surface area contributed by atoms with Crippen molar-refractivity contribution in [2.75, 3.05) is 0 Å². The molecule has 7 heteroatoms. The van der Waals surface area contributed by atoms with Gasteiger partial charge in [-0.2, -0.15) is 0 Å². The number of nitrogens with zero attached hydrogens (tertiary/aromatic N) is 3. The first kappa shape index (κ1) is 19.1. The number of pyridine rings is 1. The Labute approximate surface area is 188 Å². The van der Waals surface area contributed by atoms with Gasteiger partial charge in [-0.3, -0.25) is 4.98 Å². The fourth-order valence-electron chi connectivity index (χ4n) is 3.96. The number of hydrogen-bond acceptors (Lipinski definition) is 3. The van der Waals surface area contributed by atoms with Crippen LogP contribution < -0.4 is 5.32 Å². The molecule has 150 valence electrons. The smallest absolute Gasteiger partial charge is 0.170 e. The van der Waals surface area contributed by atoms with E-state index in [2.05, 4.69) is 66.2 Å². The summed E-state index contributed by atoms with van der Waals surface area (Å²) in [7, 11) is 0. The summed E-state index contributed by atoms with van der Waals surface area (Å²) in [6, 6.07) is 22.2. The molecular formula is C23H19BrN4OS. The minimum absolute atomic E-state index is 0.0496. The highest BCUT2D eigenvalue weighted by atomic mass is 79.9. The van der Waals surface area contributed by atoms with Crippen molar-refractivity contribution >= 4 is 33.3 Å². The van der Waals surface area contributed by atoms with E-state index in [1.54, 1.807) is 6.26 Å². The zero-order chi connectivity index (χ0) is 20.5. The number of furan rings is 1. The zero-order valence-corrected chi connectivity index (χ0v) is 18.4. The Hall–Kier alpha value is -2.90. The van der Waals surface area contributed by atoms with E-state index < -0.39 is 0 Å². The molecule has 0 saturated carbocycles. The third kappa shape index (κ3) is 3.55. The van der Waals surface area contributed by atoms with Crippen LogP contribution >= 0.6 is 28.1 Å². The van der Waals surface area contributed by atoms with Gasteiger partial charge in [0.15, 0.2) is 5.11 Å². The largest absolute Gasteiger partial charge is 0.467 e. The Morgan fingerprint density at radius 2 is 2.00 bits per heavy atom. The SMILES string of the molecule is S=C1N[C@H](c2ccccn2)[C@@H](c2cccn2-c2cccc(Br)c2)N1Cc1ccco1. The quantitative estimate of drug-likeness (QED) is 0.389. The standard InChI is InChI=1S/C23H19BrN4OS/c24-16-6-3-7-17(14-16)27-12-4-10-20(27)22-21(19-9-1-2-11-25-19)26-23(30)28(22)15-18-8-5-13-29-18/h1-14,21-22H,15H2,(H,26,30)/t21-,22-/m1/s1. The monoisotopic (exact) mass is 478 g/mol. The van der Waals surface area contributed by atoms with Crippen molar-refractivity contribution in [2.45, 2.75) is 18.6 Å². The van der Waals surface area contributed by atoms with Crippen LogP contribution in [0.1, 0.15) is 29.2 Å². The molecule has 2 atom stereocenters. The van der Waals surface area contributed by atoms with Gasteiger partial charge < -0.3 is 19.2 Å². The minimum atomic E-state index is -0.0746. The van der Waals surface area contributed by atoms with E-state index in [-0.39, 0.29) is 12.1 Å². The first-order valence-electron chi connectivity index (χ1n) is 9.64. The van der Waals surface area contributed by atoms with Gasteiger partial charge in [-0.1, -0.05) is 28.1 Å². The van der Waals surface area contributed by atoms with Crippen molar-refractivity contribution in [3.05, 3.63) is 107 Å². The van der Waals surface area contributed by atoms with Gasteiger partial charge in [-0.05, 0) is 66.8 Å². The molecule has 0 unspecified atom stereocenters. The summed E-state index contributed by atoms with van der Waals surface area (Å²) in [5.74, 6) is 0.867.